The zero-order valence-electron chi connectivity index (χ0n) is 9.65. The van der Waals surface area contributed by atoms with Gasteiger partial charge in [0.25, 0.3) is 0 Å². The van der Waals surface area contributed by atoms with Crippen LogP contribution in [0.1, 0.15) is 25.7 Å². The second-order valence-electron chi connectivity index (χ2n) is 4.35. The van der Waals surface area contributed by atoms with E-state index in [-0.39, 0.29) is 18.0 Å². The standard InChI is InChI=1S/C11H18N2O3/c1-16-10(14)9-5-4-8-13(9)11(15)12-6-2-3-7-12/h9H,2-8H2,1H3. The summed E-state index contributed by atoms with van der Waals surface area (Å²) in [6, 6.07) is -0.358. The highest BCUT2D eigenvalue weighted by Crippen LogP contribution is 2.21. The smallest absolute Gasteiger partial charge is 0.328 e. The van der Waals surface area contributed by atoms with Gasteiger partial charge in [0.2, 0.25) is 0 Å². The summed E-state index contributed by atoms with van der Waals surface area (Å²) in [7, 11) is 1.37. The minimum atomic E-state index is -0.363. The number of likely N-dealkylation sites (tertiary alicyclic amines) is 2. The molecule has 2 aliphatic rings. The highest BCUT2D eigenvalue weighted by Gasteiger charge is 2.37. The van der Waals surface area contributed by atoms with Crippen molar-refractivity contribution in [1.82, 2.24) is 9.80 Å². The number of hydrogen-bond acceptors (Lipinski definition) is 3. The molecule has 5 nitrogen and oxygen atoms in total. The highest BCUT2D eigenvalue weighted by atomic mass is 16.5. The van der Waals surface area contributed by atoms with E-state index in [1.807, 2.05) is 4.90 Å². The van der Waals surface area contributed by atoms with Crippen LogP contribution >= 0.6 is 0 Å². The lowest BCUT2D eigenvalue weighted by molar-refractivity contribution is -0.145. The van der Waals surface area contributed by atoms with Gasteiger partial charge in [-0.25, -0.2) is 9.59 Å². The van der Waals surface area contributed by atoms with Crippen molar-refractivity contribution in [2.45, 2.75) is 31.7 Å². The molecular weight excluding hydrogens is 208 g/mol. The fourth-order valence-corrected chi connectivity index (χ4v) is 2.47. The Labute approximate surface area is 95.3 Å². The zero-order valence-corrected chi connectivity index (χ0v) is 9.65. The first-order chi connectivity index (χ1) is 7.74. The number of hydrogen-bond donors (Lipinski definition) is 0. The fourth-order valence-electron chi connectivity index (χ4n) is 2.47. The van der Waals surface area contributed by atoms with E-state index in [1.54, 1.807) is 4.90 Å². The Kier molecular flexibility index (Phi) is 3.31. The predicted octanol–water partition coefficient (Wildman–Crippen LogP) is 0.840. The number of amides is 2. The van der Waals surface area contributed by atoms with Gasteiger partial charge in [-0.3, -0.25) is 0 Å². The lowest BCUT2D eigenvalue weighted by Crippen LogP contribution is -2.47. The summed E-state index contributed by atoms with van der Waals surface area (Å²) < 4.78 is 4.73. The van der Waals surface area contributed by atoms with Crippen LogP contribution in [0.4, 0.5) is 4.79 Å². The van der Waals surface area contributed by atoms with Crippen molar-refractivity contribution in [2.75, 3.05) is 26.7 Å². The quantitative estimate of drug-likeness (QED) is 0.622. The SMILES string of the molecule is COC(=O)C1CCCN1C(=O)N1CCCC1. The number of methoxy groups -OCH3 is 1. The molecule has 0 aliphatic carbocycles. The Morgan fingerprint density at radius 1 is 1.12 bits per heavy atom. The molecule has 2 heterocycles. The predicted molar refractivity (Wildman–Crippen MR) is 57.9 cm³/mol. The molecule has 0 aromatic heterocycles. The van der Waals surface area contributed by atoms with Gasteiger partial charge in [0.15, 0.2) is 0 Å². The molecule has 5 heteroatoms. The third kappa shape index (κ3) is 1.99. The average molecular weight is 226 g/mol. The van der Waals surface area contributed by atoms with E-state index in [4.69, 9.17) is 4.74 Å². The maximum Gasteiger partial charge on any atom is 0.328 e. The molecule has 2 rings (SSSR count). The molecule has 2 saturated heterocycles. The van der Waals surface area contributed by atoms with Crippen molar-refractivity contribution in [1.29, 1.82) is 0 Å². The van der Waals surface area contributed by atoms with E-state index >= 15 is 0 Å². The van der Waals surface area contributed by atoms with Crippen LogP contribution in [0.3, 0.4) is 0 Å². The Morgan fingerprint density at radius 3 is 2.44 bits per heavy atom. The topological polar surface area (TPSA) is 49.9 Å². The first kappa shape index (κ1) is 11.2. The number of nitrogens with zero attached hydrogens (tertiary/aromatic N) is 2. The summed E-state index contributed by atoms with van der Waals surface area (Å²) in [6.07, 6.45) is 3.76. The number of urea groups is 1. The summed E-state index contributed by atoms with van der Waals surface area (Å²) in [5.41, 5.74) is 0. The van der Waals surface area contributed by atoms with Crippen molar-refractivity contribution in [2.24, 2.45) is 0 Å². The van der Waals surface area contributed by atoms with Gasteiger partial charge in [-0.1, -0.05) is 0 Å². The molecule has 16 heavy (non-hydrogen) atoms. The molecule has 0 bridgehead atoms. The number of carbonyl (C=O) groups excluding carboxylic acids is 2. The van der Waals surface area contributed by atoms with E-state index in [9.17, 15) is 9.59 Å². The van der Waals surface area contributed by atoms with Gasteiger partial charge in [-0.15, -0.1) is 0 Å². The van der Waals surface area contributed by atoms with Crippen molar-refractivity contribution in [3.05, 3.63) is 0 Å². The average Bonchev–Trinajstić information content (AvgIpc) is 2.97. The van der Waals surface area contributed by atoms with Gasteiger partial charge in [-0.05, 0) is 25.7 Å². The second kappa shape index (κ2) is 4.72. The monoisotopic (exact) mass is 226 g/mol. The molecule has 2 amide bonds. The maximum atomic E-state index is 12.1. The second-order valence-corrected chi connectivity index (χ2v) is 4.35. The summed E-state index contributed by atoms with van der Waals surface area (Å²) in [6.45, 7) is 2.32. The summed E-state index contributed by atoms with van der Waals surface area (Å²) in [4.78, 5) is 27.1. The Bertz CT molecular complexity index is 287. The first-order valence-electron chi connectivity index (χ1n) is 5.87. The normalized spacial score (nSPS) is 24.9. The summed E-state index contributed by atoms with van der Waals surface area (Å²) in [5.74, 6) is -0.287. The Hall–Kier alpha value is -1.26. The van der Waals surface area contributed by atoms with Gasteiger partial charge in [0, 0.05) is 19.6 Å². The van der Waals surface area contributed by atoms with E-state index in [0.717, 1.165) is 38.8 Å². The minimum Gasteiger partial charge on any atom is -0.467 e. The van der Waals surface area contributed by atoms with Crippen LogP contribution in [0, 0.1) is 0 Å². The summed E-state index contributed by atoms with van der Waals surface area (Å²) in [5, 5.41) is 0. The van der Waals surface area contributed by atoms with Crippen molar-refractivity contribution in [3.8, 4) is 0 Å². The van der Waals surface area contributed by atoms with Crippen LogP contribution in [0.2, 0.25) is 0 Å². The van der Waals surface area contributed by atoms with E-state index < -0.39 is 0 Å². The van der Waals surface area contributed by atoms with Crippen LogP contribution in [-0.2, 0) is 9.53 Å². The number of carbonyl (C=O) groups is 2. The largest absolute Gasteiger partial charge is 0.467 e. The maximum absolute atomic E-state index is 12.1. The van der Waals surface area contributed by atoms with Crippen molar-refractivity contribution >= 4 is 12.0 Å². The Balaban J connectivity index is 2.01. The Morgan fingerprint density at radius 2 is 1.81 bits per heavy atom. The van der Waals surface area contributed by atoms with Crippen LogP contribution in [-0.4, -0.2) is 54.6 Å². The van der Waals surface area contributed by atoms with Crippen LogP contribution in [0.15, 0.2) is 0 Å². The van der Waals surface area contributed by atoms with Gasteiger partial charge in [0.05, 0.1) is 7.11 Å². The number of rotatable bonds is 1. The summed E-state index contributed by atoms with van der Waals surface area (Å²) >= 11 is 0. The lowest BCUT2D eigenvalue weighted by atomic mass is 10.2. The molecule has 90 valence electrons. The fraction of sp³-hybridized carbons (Fsp3) is 0.818. The van der Waals surface area contributed by atoms with Crippen molar-refractivity contribution in [3.63, 3.8) is 0 Å². The van der Waals surface area contributed by atoms with Crippen LogP contribution in [0.25, 0.3) is 0 Å². The molecule has 0 aromatic carbocycles. The molecule has 2 aliphatic heterocycles. The first-order valence-corrected chi connectivity index (χ1v) is 5.87. The van der Waals surface area contributed by atoms with Gasteiger partial charge in [-0.2, -0.15) is 0 Å². The molecule has 0 radical (unpaired) electrons. The lowest BCUT2D eigenvalue weighted by Gasteiger charge is -2.27. The third-order valence-corrected chi connectivity index (χ3v) is 3.35. The van der Waals surface area contributed by atoms with Crippen molar-refractivity contribution < 1.29 is 14.3 Å². The number of esters is 1. The minimum absolute atomic E-state index is 0.00500. The zero-order chi connectivity index (χ0) is 11.5. The van der Waals surface area contributed by atoms with E-state index in [2.05, 4.69) is 0 Å². The highest BCUT2D eigenvalue weighted by molar-refractivity contribution is 5.84. The van der Waals surface area contributed by atoms with Gasteiger partial charge >= 0.3 is 12.0 Å². The van der Waals surface area contributed by atoms with E-state index in [1.165, 1.54) is 7.11 Å². The molecule has 0 saturated carbocycles. The molecule has 1 unspecified atom stereocenters. The molecule has 0 aromatic rings. The molecule has 2 fully saturated rings. The molecule has 1 atom stereocenters. The van der Waals surface area contributed by atoms with Gasteiger partial charge in [0.1, 0.15) is 6.04 Å². The van der Waals surface area contributed by atoms with Crippen LogP contribution in [0.5, 0.6) is 0 Å². The third-order valence-electron chi connectivity index (χ3n) is 3.35. The van der Waals surface area contributed by atoms with E-state index in [0.29, 0.717) is 6.54 Å². The molecule has 0 N–H and O–H groups in total. The van der Waals surface area contributed by atoms with Gasteiger partial charge < -0.3 is 14.5 Å². The molecular formula is C11H18N2O3. The van der Waals surface area contributed by atoms with Crippen LogP contribution < -0.4 is 0 Å². The number of ether oxygens (including phenoxy) is 1. The molecule has 0 spiro atoms.